The molecular formula is C7H12O6. The quantitative estimate of drug-likeness (QED) is 0.245. The van der Waals surface area contributed by atoms with E-state index in [-0.39, 0.29) is 5.57 Å². The molecule has 0 saturated heterocycles. The molecule has 13 heavy (non-hydrogen) atoms. The molecule has 4 N–H and O–H groups in total. The van der Waals surface area contributed by atoms with Crippen LogP contribution in [0.2, 0.25) is 0 Å². The molecule has 0 aliphatic carbocycles. The number of aliphatic hydroxyl groups is 4. The Morgan fingerprint density at radius 3 is 1.92 bits per heavy atom. The van der Waals surface area contributed by atoms with E-state index in [0.717, 1.165) is 0 Å². The van der Waals surface area contributed by atoms with Crippen LogP contribution in [0.1, 0.15) is 13.8 Å². The SMILES string of the molecule is C=C(C)C(=O)OC(C)(O)C(O)(O)O. The van der Waals surface area contributed by atoms with Crippen LogP contribution in [-0.4, -0.2) is 38.2 Å². The van der Waals surface area contributed by atoms with Crippen LogP contribution in [0, 0.1) is 0 Å². The standard InChI is InChI=1S/C7H12O6/c1-4(2)5(8)13-6(3,9)7(10,11)12/h9-12H,1H2,2-3H3. The Bertz CT molecular complexity index is 224. The van der Waals surface area contributed by atoms with Gasteiger partial charge < -0.3 is 25.2 Å². The molecule has 0 spiro atoms. The third kappa shape index (κ3) is 3.11. The van der Waals surface area contributed by atoms with Gasteiger partial charge in [-0.15, -0.1) is 0 Å². The molecule has 0 aromatic carbocycles. The van der Waals surface area contributed by atoms with E-state index >= 15 is 0 Å². The number of rotatable bonds is 3. The fourth-order valence-electron chi connectivity index (χ4n) is 0.336. The minimum atomic E-state index is -3.52. The van der Waals surface area contributed by atoms with Gasteiger partial charge in [0.15, 0.2) is 0 Å². The van der Waals surface area contributed by atoms with Gasteiger partial charge in [-0.05, 0) is 6.92 Å². The smallest absolute Gasteiger partial charge is 0.344 e. The molecule has 0 radical (unpaired) electrons. The second-order valence-corrected chi connectivity index (χ2v) is 2.79. The van der Waals surface area contributed by atoms with E-state index in [1.54, 1.807) is 0 Å². The van der Waals surface area contributed by atoms with Crippen LogP contribution in [0.4, 0.5) is 0 Å². The predicted molar refractivity (Wildman–Crippen MR) is 40.9 cm³/mol. The molecule has 6 heteroatoms. The van der Waals surface area contributed by atoms with E-state index in [2.05, 4.69) is 11.3 Å². The number of hydrogen-bond acceptors (Lipinski definition) is 6. The Balaban J connectivity index is 4.53. The minimum Gasteiger partial charge on any atom is -0.421 e. The van der Waals surface area contributed by atoms with Crippen molar-refractivity contribution in [3.05, 3.63) is 12.2 Å². The van der Waals surface area contributed by atoms with E-state index < -0.39 is 17.7 Å². The summed E-state index contributed by atoms with van der Waals surface area (Å²) in [6.07, 6.45) is 0. The summed E-state index contributed by atoms with van der Waals surface area (Å²) in [4.78, 5) is 10.8. The highest BCUT2D eigenvalue weighted by Gasteiger charge is 2.47. The summed E-state index contributed by atoms with van der Waals surface area (Å²) in [5, 5.41) is 34.6. The molecule has 0 amide bonds. The van der Waals surface area contributed by atoms with Gasteiger partial charge in [-0.25, -0.2) is 4.79 Å². The summed E-state index contributed by atoms with van der Waals surface area (Å²) in [5.74, 6) is -7.37. The molecule has 0 aromatic heterocycles. The van der Waals surface area contributed by atoms with Crippen LogP contribution < -0.4 is 0 Å². The Hall–Kier alpha value is -0.950. The largest absolute Gasteiger partial charge is 0.421 e. The fourth-order valence-corrected chi connectivity index (χ4v) is 0.336. The van der Waals surface area contributed by atoms with Crippen LogP contribution >= 0.6 is 0 Å². The van der Waals surface area contributed by atoms with Gasteiger partial charge >= 0.3 is 11.9 Å². The van der Waals surface area contributed by atoms with Crippen LogP contribution in [0.5, 0.6) is 0 Å². The summed E-state index contributed by atoms with van der Waals surface area (Å²) < 4.78 is 4.13. The lowest BCUT2D eigenvalue weighted by Crippen LogP contribution is -2.55. The first kappa shape index (κ1) is 12.0. The molecule has 0 fully saturated rings. The van der Waals surface area contributed by atoms with E-state index in [9.17, 15) is 4.79 Å². The number of esters is 1. The van der Waals surface area contributed by atoms with Gasteiger partial charge in [0.25, 0.3) is 5.79 Å². The number of ether oxygens (including phenoxy) is 1. The molecule has 0 bridgehead atoms. The van der Waals surface area contributed by atoms with Gasteiger partial charge in [0.1, 0.15) is 0 Å². The first-order chi connectivity index (χ1) is 5.58. The van der Waals surface area contributed by atoms with Crippen molar-refractivity contribution in [1.82, 2.24) is 0 Å². The van der Waals surface area contributed by atoms with E-state index in [4.69, 9.17) is 20.4 Å². The maximum Gasteiger partial charge on any atom is 0.344 e. The van der Waals surface area contributed by atoms with E-state index in [1.807, 2.05) is 0 Å². The monoisotopic (exact) mass is 192 g/mol. The molecular weight excluding hydrogens is 180 g/mol. The minimum absolute atomic E-state index is 0.0514. The summed E-state index contributed by atoms with van der Waals surface area (Å²) in [5.41, 5.74) is -0.0514. The zero-order valence-corrected chi connectivity index (χ0v) is 7.31. The Morgan fingerprint density at radius 2 is 1.69 bits per heavy atom. The van der Waals surface area contributed by atoms with Gasteiger partial charge in [-0.2, -0.15) is 0 Å². The maximum absolute atomic E-state index is 10.8. The maximum atomic E-state index is 10.8. The third-order valence-electron chi connectivity index (χ3n) is 1.26. The second kappa shape index (κ2) is 3.43. The van der Waals surface area contributed by atoms with Crippen molar-refractivity contribution < 1.29 is 30.0 Å². The van der Waals surface area contributed by atoms with E-state index in [0.29, 0.717) is 6.92 Å². The van der Waals surface area contributed by atoms with Gasteiger partial charge in [-0.1, -0.05) is 6.58 Å². The average molecular weight is 192 g/mol. The van der Waals surface area contributed by atoms with Crippen molar-refractivity contribution in [2.75, 3.05) is 0 Å². The lowest BCUT2D eigenvalue weighted by molar-refractivity contribution is -0.439. The van der Waals surface area contributed by atoms with Crippen molar-refractivity contribution in [2.24, 2.45) is 0 Å². The molecule has 6 nitrogen and oxygen atoms in total. The molecule has 0 aliphatic rings. The third-order valence-corrected chi connectivity index (χ3v) is 1.26. The number of carbonyl (C=O) groups is 1. The summed E-state index contributed by atoms with van der Waals surface area (Å²) in [7, 11) is 0. The summed E-state index contributed by atoms with van der Waals surface area (Å²) >= 11 is 0. The average Bonchev–Trinajstić information content (AvgIpc) is 1.83. The van der Waals surface area contributed by atoms with Gasteiger partial charge in [0, 0.05) is 12.5 Å². The van der Waals surface area contributed by atoms with Crippen molar-refractivity contribution >= 4 is 5.97 Å². The molecule has 0 aliphatic heterocycles. The van der Waals surface area contributed by atoms with Gasteiger partial charge in [-0.3, -0.25) is 0 Å². The molecule has 76 valence electrons. The van der Waals surface area contributed by atoms with Crippen molar-refractivity contribution in [2.45, 2.75) is 25.6 Å². The normalized spacial score (nSPS) is 16.2. The van der Waals surface area contributed by atoms with Crippen LogP contribution in [0.25, 0.3) is 0 Å². The fraction of sp³-hybridized carbons (Fsp3) is 0.571. The molecule has 1 unspecified atom stereocenters. The van der Waals surface area contributed by atoms with Crippen molar-refractivity contribution in [1.29, 1.82) is 0 Å². The van der Waals surface area contributed by atoms with Crippen LogP contribution in [0.3, 0.4) is 0 Å². The molecule has 0 aromatic rings. The molecule has 1 atom stereocenters. The molecule has 0 rings (SSSR count). The lowest BCUT2D eigenvalue weighted by Gasteiger charge is -2.30. The predicted octanol–water partition coefficient (Wildman–Crippen LogP) is -1.56. The first-order valence-corrected chi connectivity index (χ1v) is 3.36. The Morgan fingerprint density at radius 1 is 1.31 bits per heavy atom. The van der Waals surface area contributed by atoms with Crippen LogP contribution in [0.15, 0.2) is 12.2 Å². The highest BCUT2D eigenvalue weighted by Crippen LogP contribution is 2.19. The summed E-state index contributed by atoms with van der Waals surface area (Å²) in [6.45, 7) is 5.20. The summed E-state index contributed by atoms with van der Waals surface area (Å²) in [6, 6.07) is 0. The van der Waals surface area contributed by atoms with Crippen molar-refractivity contribution in [3.63, 3.8) is 0 Å². The van der Waals surface area contributed by atoms with Crippen LogP contribution in [-0.2, 0) is 9.53 Å². The van der Waals surface area contributed by atoms with Gasteiger partial charge in [0.2, 0.25) is 0 Å². The van der Waals surface area contributed by atoms with Crippen molar-refractivity contribution in [3.8, 4) is 0 Å². The Labute approximate surface area is 74.7 Å². The number of hydrogen-bond donors (Lipinski definition) is 4. The second-order valence-electron chi connectivity index (χ2n) is 2.79. The van der Waals surface area contributed by atoms with Gasteiger partial charge in [0.05, 0.1) is 0 Å². The highest BCUT2D eigenvalue weighted by molar-refractivity contribution is 5.87. The topological polar surface area (TPSA) is 107 Å². The highest BCUT2D eigenvalue weighted by atomic mass is 16.8. The zero-order chi connectivity index (χ0) is 10.9. The van der Waals surface area contributed by atoms with E-state index in [1.165, 1.54) is 6.92 Å². The Kier molecular flexibility index (Phi) is 3.18. The molecule has 0 heterocycles. The first-order valence-electron chi connectivity index (χ1n) is 3.36. The zero-order valence-electron chi connectivity index (χ0n) is 7.31. The number of carbonyl (C=O) groups excluding carboxylic acids is 1. The molecule has 0 saturated carbocycles. The lowest BCUT2D eigenvalue weighted by atomic mass is 10.2.